The Hall–Kier alpha value is -2.14. The number of nitrogens with zero attached hydrogens (tertiary/aromatic N) is 2. The van der Waals surface area contributed by atoms with Crippen molar-refractivity contribution in [3.05, 3.63) is 47.9 Å². The number of hydrazine groups is 1. The lowest BCUT2D eigenvalue weighted by Gasteiger charge is -2.06. The van der Waals surface area contributed by atoms with Crippen molar-refractivity contribution in [2.75, 3.05) is 5.43 Å². The summed E-state index contributed by atoms with van der Waals surface area (Å²) >= 11 is 0. The number of hydrogen-bond acceptors (Lipinski definition) is 5. The van der Waals surface area contributed by atoms with Crippen LogP contribution in [0.2, 0.25) is 0 Å². The van der Waals surface area contributed by atoms with Gasteiger partial charge < -0.3 is 10.2 Å². The van der Waals surface area contributed by atoms with Crippen LogP contribution in [0.3, 0.4) is 0 Å². The van der Waals surface area contributed by atoms with Crippen LogP contribution in [0, 0.1) is 0 Å². The highest BCUT2D eigenvalue weighted by molar-refractivity contribution is 5.29. The van der Waals surface area contributed by atoms with Crippen LogP contribution in [0.5, 0.6) is 5.75 Å². The fraction of sp³-hybridized carbons (Fsp3) is 0.231. The summed E-state index contributed by atoms with van der Waals surface area (Å²) in [5, 5.41) is 0. The van der Waals surface area contributed by atoms with Gasteiger partial charge in [-0.25, -0.2) is 10.8 Å². The first kappa shape index (κ1) is 12.3. The summed E-state index contributed by atoms with van der Waals surface area (Å²) in [7, 11) is 0. The highest BCUT2D eigenvalue weighted by Gasteiger charge is 1.99. The van der Waals surface area contributed by atoms with Crippen molar-refractivity contribution in [3.8, 4) is 5.75 Å². The van der Waals surface area contributed by atoms with Crippen LogP contribution < -0.4 is 16.0 Å². The molecule has 1 heterocycles. The SMILES string of the molecule is CCc1ccc(OCc2cnc(NN)cn2)cc1. The average molecular weight is 244 g/mol. The Balaban J connectivity index is 1.93. The van der Waals surface area contributed by atoms with Crippen LogP contribution in [0.4, 0.5) is 5.82 Å². The van der Waals surface area contributed by atoms with E-state index in [2.05, 4.69) is 34.5 Å². The topological polar surface area (TPSA) is 73.1 Å². The molecule has 5 nitrogen and oxygen atoms in total. The zero-order valence-corrected chi connectivity index (χ0v) is 10.3. The molecule has 0 amide bonds. The van der Waals surface area contributed by atoms with E-state index in [9.17, 15) is 0 Å². The predicted molar refractivity (Wildman–Crippen MR) is 70.0 cm³/mol. The second kappa shape index (κ2) is 5.97. The van der Waals surface area contributed by atoms with Crippen LogP contribution in [-0.4, -0.2) is 9.97 Å². The second-order valence-corrected chi connectivity index (χ2v) is 3.82. The Bertz CT molecular complexity index is 434. The Morgan fingerprint density at radius 3 is 2.50 bits per heavy atom. The zero-order chi connectivity index (χ0) is 12.8. The highest BCUT2D eigenvalue weighted by Crippen LogP contribution is 2.14. The number of anilines is 1. The third-order valence-corrected chi connectivity index (χ3v) is 2.57. The summed E-state index contributed by atoms with van der Waals surface area (Å²) in [4.78, 5) is 8.23. The molecule has 0 atom stereocenters. The fourth-order valence-corrected chi connectivity index (χ4v) is 1.48. The van der Waals surface area contributed by atoms with Crippen molar-refractivity contribution >= 4 is 5.82 Å². The minimum absolute atomic E-state index is 0.392. The molecule has 0 bridgehead atoms. The molecule has 1 aromatic carbocycles. The predicted octanol–water partition coefficient (Wildman–Crippen LogP) is 1.90. The van der Waals surface area contributed by atoms with Crippen molar-refractivity contribution in [3.63, 3.8) is 0 Å². The van der Waals surface area contributed by atoms with Gasteiger partial charge in [-0.3, -0.25) is 4.98 Å². The molecular weight excluding hydrogens is 228 g/mol. The third-order valence-electron chi connectivity index (χ3n) is 2.57. The molecule has 94 valence electrons. The number of hydrogen-bond donors (Lipinski definition) is 2. The monoisotopic (exact) mass is 244 g/mol. The van der Waals surface area contributed by atoms with Crippen molar-refractivity contribution in [1.29, 1.82) is 0 Å². The molecule has 1 aromatic heterocycles. The summed E-state index contributed by atoms with van der Waals surface area (Å²) in [6.07, 6.45) is 4.23. The lowest BCUT2D eigenvalue weighted by atomic mass is 10.2. The van der Waals surface area contributed by atoms with Crippen LogP contribution in [0.25, 0.3) is 0 Å². The van der Waals surface area contributed by atoms with E-state index >= 15 is 0 Å². The number of aromatic nitrogens is 2. The summed E-state index contributed by atoms with van der Waals surface area (Å²) in [6.45, 7) is 2.52. The van der Waals surface area contributed by atoms with Crippen molar-refractivity contribution in [2.24, 2.45) is 5.84 Å². The number of benzene rings is 1. The van der Waals surface area contributed by atoms with Gasteiger partial charge in [0.25, 0.3) is 0 Å². The maximum atomic E-state index is 5.61. The number of aryl methyl sites for hydroxylation is 1. The Morgan fingerprint density at radius 2 is 1.94 bits per heavy atom. The number of ether oxygens (including phenoxy) is 1. The number of nitrogens with two attached hydrogens (primary N) is 1. The van der Waals surface area contributed by atoms with Crippen molar-refractivity contribution in [2.45, 2.75) is 20.0 Å². The van der Waals surface area contributed by atoms with E-state index in [1.807, 2.05) is 12.1 Å². The molecule has 0 unspecified atom stereocenters. The lowest BCUT2D eigenvalue weighted by Crippen LogP contribution is -2.09. The number of nitrogens with one attached hydrogen (secondary N) is 1. The van der Waals surface area contributed by atoms with Gasteiger partial charge in [0.05, 0.1) is 18.1 Å². The van der Waals surface area contributed by atoms with Crippen LogP contribution in [-0.2, 0) is 13.0 Å². The smallest absolute Gasteiger partial charge is 0.158 e. The molecule has 0 aliphatic carbocycles. The summed E-state index contributed by atoms with van der Waals surface area (Å²) in [5.74, 6) is 6.57. The summed E-state index contributed by atoms with van der Waals surface area (Å²) in [5.41, 5.74) is 4.48. The molecule has 0 aliphatic rings. The molecule has 2 aromatic rings. The quantitative estimate of drug-likeness (QED) is 0.621. The zero-order valence-electron chi connectivity index (χ0n) is 10.3. The molecule has 0 saturated carbocycles. The van der Waals surface area contributed by atoms with E-state index in [0.29, 0.717) is 12.4 Å². The van der Waals surface area contributed by atoms with E-state index in [4.69, 9.17) is 10.6 Å². The second-order valence-electron chi connectivity index (χ2n) is 3.82. The highest BCUT2D eigenvalue weighted by atomic mass is 16.5. The minimum atomic E-state index is 0.392. The maximum absolute atomic E-state index is 5.61. The minimum Gasteiger partial charge on any atom is -0.487 e. The maximum Gasteiger partial charge on any atom is 0.158 e. The van der Waals surface area contributed by atoms with Gasteiger partial charge in [-0.1, -0.05) is 19.1 Å². The molecule has 2 rings (SSSR count). The van der Waals surface area contributed by atoms with Crippen LogP contribution in [0.1, 0.15) is 18.2 Å². The molecule has 0 aliphatic heterocycles. The first-order chi connectivity index (χ1) is 8.81. The molecule has 3 N–H and O–H groups in total. The molecule has 0 spiro atoms. The first-order valence-electron chi connectivity index (χ1n) is 5.81. The van der Waals surface area contributed by atoms with Gasteiger partial charge in [0, 0.05) is 0 Å². The van der Waals surface area contributed by atoms with E-state index in [-0.39, 0.29) is 0 Å². The molecule has 18 heavy (non-hydrogen) atoms. The largest absolute Gasteiger partial charge is 0.487 e. The fourth-order valence-electron chi connectivity index (χ4n) is 1.48. The van der Waals surface area contributed by atoms with Gasteiger partial charge in [0.1, 0.15) is 12.4 Å². The Morgan fingerprint density at radius 1 is 1.17 bits per heavy atom. The Labute approximate surface area is 106 Å². The molecular formula is C13H16N4O. The van der Waals surface area contributed by atoms with Crippen LogP contribution in [0.15, 0.2) is 36.7 Å². The third kappa shape index (κ3) is 3.18. The number of nitrogen functional groups attached to an aromatic ring is 1. The van der Waals surface area contributed by atoms with Gasteiger partial charge in [-0.2, -0.15) is 0 Å². The normalized spacial score (nSPS) is 10.1. The van der Waals surface area contributed by atoms with E-state index < -0.39 is 0 Å². The molecule has 5 heteroatoms. The Kier molecular flexibility index (Phi) is 4.09. The van der Waals surface area contributed by atoms with E-state index in [0.717, 1.165) is 17.9 Å². The van der Waals surface area contributed by atoms with Crippen LogP contribution >= 0.6 is 0 Å². The van der Waals surface area contributed by atoms with Gasteiger partial charge >= 0.3 is 0 Å². The van der Waals surface area contributed by atoms with Crippen molar-refractivity contribution < 1.29 is 4.74 Å². The van der Waals surface area contributed by atoms with Gasteiger partial charge in [0.15, 0.2) is 5.82 Å². The first-order valence-corrected chi connectivity index (χ1v) is 5.81. The van der Waals surface area contributed by atoms with E-state index in [1.54, 1.807) is 12.4 Å². The lowest BCUT2D eigenvalue weighted by molar-refractivity contribution is 0.300. The van der Waals surface area contributed by atoms with Gasteiger partial charge in [0.2, 0.25) is 0 Å². The van der Waals surface area contributed by atoms with E-state index in [1.165, 1.54) is 5.56 Å². The summed E-state index contributed by atoms with van der Waals surface area (Å²) < 4.78 is 5.61. The van der Waals surface area contributed by atoms with Crippen molar-refractivity contribution in [1.82, 2.24) is 9.97 Å². The van der Waals surface area contributed by atoms with Gasteiger partial charge in [-0.15, -0.1) is 0 Å². The standard InChI is InChI=1S/C13H16N4O/c1-2-10-3-5-12(6-4-10)18-9-11-7-16-13(17-14)8-15-11/h3-8H,2,9,14H2,1H3,(H,16,17). The van der Waals surface area contributed by atoms with Gasteiger partial charge in [-0.05, 0) is 24.1 Å². The molecule has 0 saturated heterocycles. The molecule has 0 radical (unpaired) electrons. The average Bonchev–Trinajstić information content (AvgIpc) is 2.46. The summed E-state index contributed by atoms with van der Waals surface area (Å²) in [6, 6.07) is 8.04. The molecule has 0 fully saturated rings. The number of rotatable bonds is 5.